The van der Waals surface area contributed by atoms with Gasteiger partial charge in [0.05, 0.1) is 11.3 Å². The largest absolute Gasteiger partial charge is 0.417 e. The third-order valence-electron chi connectivity index (χ3n) is 5.29. The van der Waals surface area contributed by atoms with Crippen LogP contribution in [0.15, 0.2) is 71.0 Å². The topological polar surface area (TPSA) is 60.2 Å². The molecule has 0 aromatic heterocycles. The molecule has 3 aromatic rings. The molecular formula is C26H22F4N2O3. The van der Waals surface area contributed by atoms with Crippen molar-refractivity contribution in [2.75, 3.05) is 7.11 Å². The zero-order valence-corrected chi connectivity index (χ0v) is 19.2. The fourth-order valence-electron chi connectivity index (χ4n) is 3.53. The molecular weight excluding hydrogens is 464 g/mol. The number of carbonyl (C=O) groups excluding carboxylic acids is 1. The van der Waals surface area contributed by atoms with Crippen LogP contribution in [-0.4, -0.2) is 24.8 Å². The van der Waals surface area contributed by atoms with E-state index in [1.54, 1.807) is 25.1 Å². The second-order valence-corrected chi connectivity index (χ2v) is 7.59. The van der Waals surface area contributed by atoms with Crippen LogP contribution in [0.2, 0.25) is 0 Å². The average Bonchev–Trinajstić information content (AvgIpc) is 2.83. The molecule has 0 spiro atoms. The number of nitrogens with zero attached hydrogens (tertiary/aromatic N) is 2. The number of aldehydes is 1. The molecule has 3 aromatic carbocycles. The summed E-state index contributed by atoms with van der Waals surface area (Å²) in [4.78, 5) is 21.5. The summed E-state index contributed by atoms with van der Waals surface area (Å²) in [5.41, 5.74) is 1.59. The first-order valence-corrected chi connectivity index (χ1v) is 10.4. The quantitative estimate of drug-likeness (QED) is 0.162. The summed E-state index contributed by atoms with van der Waals surface area (Å²) in [6.07, 6.45) is -4.12. The van der Waals surface area contributed by atoms with Crippen LogP contribution in [0.4, 0.5) is 17.6 Å². The molecule has 35 heavy (non-hydrogen) atoms. The number of carbonyl (C=O) groups is 1. The van der Waals surface area contributed by atoms with E-state index >= 15 is 0 Å². The van der Waals surface area contributed by atoms with Crippen molar-refractivity contribution in [1.29, 1.82) is 0 Å². The van der Waals surface area contributed by atoms with Gasteiger partial charge in [0.25, 0.3) is 0 Å². The summed E-state index contributed by atoms with van der Waals surface area (Å²) >= 11 is 0. The lowest BCUT2D eigenvalue weighted by molar-refractivity contribution is -0.137. The van der Waals surface area contributed by atoms with Crippen molar-refractivity contribution in [3.8, 4) is 11.1 Å². The first-order chi connectivity index (χ1) is 16.7. The van der Waals surface area contributed by atoms with Crippen molar-refractivity contribution in [2.24, 2.45) is 10.3 Å². The van der Waals surface area contributed by atoms with Gasteiger partial charge in [-0.15, -0.1) is 0 Å². The van der Waals surface area contributed by atoms with E-state index in [-0.39, 0.29) is 29.2 Å². The zero-order chi connectivity index (χ0) is 25.6. The third kappa shape index (κ3) is 6.11. The van der Waals surface area contributed by atoms with Crippen LogP contribution in [0.3, 0.4) is 0 Å². The second-order valence-electron chi connectivity index (χ2n) is 7.59. The van der Waals surface area contributed by atoms with E-state index in [4.69, 9.17) is 9.68 Å². The van der Waals surface area contributed by atoms with Crippen LogP contribution in [0.25, 0.3) is 11.1 Å². The summed E-state index contributed by atoms with van der Waals surface area (Å²) in [7, 11) is 1.31. The number of halogens is 4. The first kappa shape index (κ1) is 25.6. The molecule has 0 atom stereocenters. The van der Waals surface area contributed by atoms with E-state index in [1.807, 2.05) is 0 Å². The van der Waals surface area contributed by atoms with Gasteiger partial charge in [-0.1, -0.05) is 52.8 Å². The number of benzene rings is 3. The molecule has 5 nitrogen and oxygen atoms in total. The molecule has 0 unspecified atom stereocenters. The predicted molar refractivity (Wildman–Crippen MR) is 125 cm³/mol. The Hall–Kier alpha value is -4.01. The van der Waals surface area contributed by atoms with E-state index in [9.17, 15) is 22.4 Å². The molecule has 9 heteroatoms. The van der Waals surface area contributed by atoms with E-state index in [1.165, 1.54) is 50.4 Å². The molecule has 0 heterocycles. The van der Waals surface area contributed by atoms with Crippen molar-refractivity contribution >= 4 is 17.7 Å². The highest BCUT2D eigenvalue weighted by atomic mass is 19.4. The number of hydrogen-bond donors (Lipinski definition) is 0. The van der Waals surface area contributed by atoms with Crippen LogP contribution in [0, 0.1) is 12.7 Å². The normalized spacial score (nSPS) is 12.4. The minimum atomic E-state index is -4.65. The number of rotatable bonds is 8. The highest BCUT2D eigenvalue weighted by Gasteiger charge is 2.34. The van der Waals surface area contributed by atoms with Gasteiger partial charge in [0.15, 0.2) is 6.29 Å². The van der Waals surface area contributed by atoms with Crippen LogP contribution in [0.5, 0.6) is 0 Å². The number of alkyl halides is 3. The van der Waals surface area contributed by atoms with Crippen molar-refractivity contribution in [1.82, 2.24) is 0 Å². The van der Waals surface area contributed by atoms with E-state index in [2.05, 4.69) is 10.3 Å². The predicted octanol–water partition coefficient (Wildman–Crippen LogP) is 6.31. The third-order valence-corrected chi connectivity index (χ3v) is 5.29. The van der Waals surface area contributed by atoms with Gasteiger partial charge in [-0.2, -0.15) is 13.2 Å². The lowest BCUT2D eigenvalue weighted by atomic mass is 9.96. The zero-order valence-electron chi connectivity index (χ0n) is 19.2. The van der Waals surface area contributed by atoms with Gasteiger partial charge in [-0.05, 0) is 48.7 Å². The lowest BCUT2D eigenvalue weighted by Gasteiger charge is -2.15. The highest BCUT2D eigenvalue weighted by molar-refractivity contribution is 6.36. The maximum Gasteiger partial charge on any atom is 0.417 e. The highest BCUT2D eigenvalue weighted by Crippen LogP contribution is 2.35. The van der Waals surface area contributed by atoms with E-state index in [0.29, 0.717) is 23.0 Å². The van der Waals surface area contributed by atoms with Crippen molar-refractivity contribution in [3.05, 3.63) is 94.3 Å². The average molecular weight is 486 g/mol. The van der Waals surface area contributed by atoms with Gasteiger partial charge in [0, 0.05) is 16.7 Å². The van der Waals surface area contributed by atoms with E-state index in [0.717, 1.165) is 11.6 Å². The Kier molecular flexibility index (Phi) is 8.01. The van der Waals surface area contributed by atoms with Gasteiger partial charge in [0.2, 0.25) is 0 Å². The van der Waals surface area contributed by atoms with Gasteiger partial charge in [0.1, 0.15) is 25.2 Å². The minimum absolute atomic E-state index is 0.0132. The smallest absolute Gasteiger partial charge is 0.399 e. The van der Waals surface area contributed by atoms with Crippen molar-refractivity contribution < 1.29 is 32.0 Å². The van der Waals surface area contributed by atoms with Gasteiger partial charge in [-0.3, -0.25) is 4.79 Å². The Bertz CT molecular complexity index is 1270. The number of aryl methyl sites for hydroxylation is 1. The number of hydrogen-bond acceptors (Lipinski definition) is 5. The fraction of sp³-hybridized carbons (Fsp3) is 0.192. The fourth-order valence-corrected chi connectivity index (χ4v) is 3.53. The summed E-state index contributed by atoms with van der Waals surface area (Å²) in [6, 6.07) is 14.2. The molecule has 0 saturated carbocycles. The van der Waals surface area contributed by atoms with Gasteiger partial charge < -0.3 is 9.68 Å². The maximum absolute atomic E-state index is 13.8. The molecule has 0 aliphatic rings. The summed E-state index contributed by atoms with van der Waals surface area (Å²) < 4.78 is 54.7. The SMILES string of the molecule is CO/N=C(/C=O)c1cccc(C)c1CO/N=C(\C)c1ccc(-c2ccc(F)cc2)cc1C(F)(F)F. The van der Waals surface area contributed by atoms with Gasteiger partial charge >= 0.3 is 6.18 Å². The molecule has 0 fully saturated rings. The van der Waals surface area contributed by atoms with Crippen molar-refractivity contribution in [3.63, 3.8) is 0 Å². The molecule has 0 saturated heterocycles. The summed E-state index contributed by atoms with van der Waals surface area (Å²) in [5.74, 6) is -0.480. The standard InChI is InChI=1S/C26H22F4N2O3/c1-16-5-4-6-22(25(14-33)32-34-3)23(16)15-35-31-17(2)21-12-9-19(13-24(21)26(28,29)30)18-7-10-20(27)11-8-18/h4-14H,15H2,1-3H3/b31-17+,32-25-. The molecule has 0 N–H and O–H groups in total. The first-order valence-electron chi connectivity index (χ1n) is 10.4. The molecule has 3 rings (SSSR count). The Labute approximate surface area is 199 Å². The molecule has 0 aliphatic carbocycles. The van der Waals surface area contributed by atoms with Crippen LogP contribution in [0.1, 0.15) is 34.7 Å². The Morgan fingerprint density at radius 1 is 0.971 bits per heavy atom. The molecule has 0 bridgehead atoms. The Morgan fingerprint density at radius 3 is 2.29 bits per heavy atom. The molecule has 182 valence electrons. The summed E-state index contributed by atoms with van der Waals surface area (Å²) in [6.45, 7) is 3.10. The summed E-state index contributed by atoms with van der Waals surface area (Å²) in [5, 5.41) is 7.59. The minimum Gasteiger partial charge on any atom is -0.399 e. The molecule has 0 amide bonds. The van der Waals surface area contributed by atoms with E-state index < -0.39 is 17.6 Å². The van der Waals surface area contributed by atoms with Crippen LogP contribution < -0.4 is 0 Å². The molecule has 0 aliphatic heterocycles. The lowest BCUT2D eigenvalue weighted by Crippen LogP contribution is -2.13. The monoisotopic (exact) mass is 486 g/mol. The second kappa shape index (κ2) is 10.9. The Morgan fingerprint density at radius 2 is 1.66 bits per heavy atom. The van der Waals surface area contributed by atoms with Crippen molar-refractivity contribution in [2.45, 2.75) is 26.6 Å². The van der Waals surface area contributed by atoms with Crippen LogP contribution in [-0.2, 0) is 27.3 Å². The number of oxime groups is 2. The van der Waals surface area contributed by atoms with Gasteiger partial charge in [-0.25, -0.2) is 4.39 Å². The van der Waals surface area contributed by atoms with Crippen LogP contribution >= 0.6 is 0 Å². The Balaban J connectivity index is 1.91. The molecule has 0 radical (unpaired) electrons. The maximum atomic E-state index is 13.8.